The number of alkyl halides is 2. The third kappa shape index (κ3) is 12.7. The summed E-state index contributed by atoms with van der Waals surface area (Å²) in [6.07, 6.45) is -0.153. The van der Waals surface area contributed by atoms with E-state index in [9.17, 15) is 13.6 Å². The van der Waals surface area contributed by atoms with E-state index in [1.165, 1.54) is 0 Å². The molecule has 0 radical (unpaired) electrons. The van der Waals surface area contributed by atoms with E-state index < -0.39 is 12.0 Å². The molecule has 0 unspecified atom stereocenters. The van der Waals surface area contributed by atoms with Crippen LogP contribution in [0.15, 0.2) is 4.99 Å². The minimum Gasteiger partial charge on any atom is -0.444 e. The Morgan fingerprint density at radius 1 is 1.23 bits per heavy atom. The maximum Gasteiger partial charge on any atom is 0.410 e. The Labute approximate surface area is 197 Å². The summed E-state index contributed by atoms with van der Waals surface area (Å²) in [4.78, 5) is 20.4. The van der Waals surface area contributed by atoms with Crippen molar-refractivity contribution in [1.82, 2.24) is 20.4 Å². The Morgan fingerprint density at radius 3 is 2.37 bits per heavy atom. The molecule has 1 saturated heterocycles. The summed E-state index contributed by atoms with van der Waals surface area (Å²) in [5.74, 6) is 0.695. The van der Waals surface area contributed by atoms with Crippen molar-refractivity contribution in [2.45, 2.75) is 71.9 Å². The summed E-state index contributed by atoms with van der Waals surface area (Å²) in [6.45, 7) is 13.0. The quantitative estimate of drug-likeness (QED) is 0.263. The molecule has 1 rings (SSSR count). The summed E-state index contributed by atoms with van der Waals surface area (Å²) in [7, 11) is 0. The van der Waals surface area contributed by atoms with Crippen LogP contribution in [0.2, 0.25) is 0 Å². The molecule has 1 fully saturated rings. The number of carbonyl (C=O) groups is 1. The number of carbonyl (C=O) groups excluding carboxylic acids is 1. The molecule has 0 aliphatic carbocycles. The molecule has 0 atom stereocenters. The smallest absolute Gasteiger partial charge is 0.410 e. The van der Waals surface area contributed by atoms with Gasteiger partial charge in [-0.3, -0.25) is 9.89 Å². The SMILES string of the molecule is CCCN(CCN=C(NCC)NC1CCN(CC(F)F)CC1)C(=O)OC(C)(C)C.I. The predicted molar refractivity (Wildman–Crippen MR) is 128 cm³/mol. The highest BCUT2D eigenvalue weighted by Gasteiger charge is 2.23. The number of hydrogen-bond donors (Lipinski definition) is 2. The van der Waals surface area contributed by atoms with Gasteiger partial charge in [0.1, 0.15) is 5.60 Å². The van der Waals surface area contributed by atoms with Crippen LogP contribution in [0.3, 0.4) is 0 Å². The van der Waals surface area contributed by atoms with Gasteiger partial charge in [-0.2, -0.15) is 0 Å². The Bertz CT molecular complexity index is 510. The van der Waals surface area contributed by atoms with Crippen LogP contribution in [0.4, 0.5) is 13.6 Å². The van der Waals surface area contributed by atoms with Gasteiger partial charge in [0, 0.05) is 38.8 Å². The highest BCUT2D eigenvalue weighted by Crippen LogP contribution is 2.12. The molecule has 0 aromatic carbocycles. The van der Waals surface area contributed by atoms with Gasteiger partial charge >= 0.3 is 6.09 Å². The first-order chi connectivity index (χ1) is 13.6. The third-order valence-corrected chi connectivity index (χ3v) is 4.45. The third-order valence-electron chi connectivity index (χ3n) is 4.45. The molecule has 30 heavy (non-hydrogen) atoms. The number of amides is 1. The minimum absolute atomic E-state index is 0. The second-order valence-corrected chi connectivity index (χ2v) is 8.34. The summed E-state index contributed by atoms with van der Waals surface area (Å²) >= 11 is 0. The van der Waals surface area contributed by atoms with Gasteiger partial charge in [0.15, 0.2) is 5.96 Å². The second-order valence-electron chi connectivity index (χ2n) is 8.34. The average Bonchev–Trinajstić information content (AvgIpc) is 2.61. The number of halogens is 3. The topological polar surface area (TPSA) is 69.2 Å². The first-order valence-electron chi connectivity index (χ1n) is 10.7. The Morgan fingerprint density at radius 2 is 1.87 bits per heavy atom. The first-order valence-corrected chi connectivity index (χ1v) is 10.7. The number of nitrogens with one attached hydrogen (secondary N) is 2. The Kier molecular flexibility index (Phi) is 14.5. The van der Waals surface area contributed by atoms with Gasteiger partial charge in [0.25, 0.3) is 6.43 Å². The van der Waals surface area contributed by atoms with Gasteiger partial charge < -0.3 is 20.3 Å². The summed E-state index contributed by atoms with van der Waals surface area (Å²) in [5.41, 5.74) is -0.526. The predicted octanol–water partition coefficient (Wildman–Crippen LogP) is 3.54. The molecule has 0 bridgehead atoms. The molecule has 1 heterocycles. The van der Waals surface area contributed by atoms with Gasteiger partial charge in [0.2, 0.25) is 0 Å². The number of aliphatic imine (C=N–C) groups is 1. The number of likely N-dealkylation sites (tertiary alicyclic amines) is 1. The van der Waals surface area contributed by atoms with Crippen LogP contribution >= 0.6 is 24.0 Å². The zero-order valence-electron chi connectivity index (χ0n) is 19.0. The Hall–Kier alpha value is -0.910. The van der Waals surface area contributed by atoms with E-state index in [-0.39, 0.29) is 42.7 Å². The van der Waals surface area contributed by atoms with Crippen LogP contribution in [-0.2, 0) is 4.74 Å². The van der Waals surface area contributed by atoms with E-state index in [1.54, 1.807) is 9.80 Å². The van der Waals surface area contributed by atoms with Crippen molar-refractivity contribution >= 4 is 36.0 Å². The zero-order chi connectivity index (χ0) is 21.9. The van der Waals surface area contributed by atoms with Crippen LogP contribution in [0.1, 0.15) is 53.9 Å². The van der Waals surface area contributed by atoms with Crippen molar-refractivity contribution in [1.29, 1.82) is 0 Å². The fraction of sp³-hybridized carbons (Fsp3) is 0.900. The molecule has 0 saturated carbocycles. The maximum atomic E-state index is 12.5. The van der Waals surface area contributed by atoms with Crippen molar-refractivity contribution < 1.29 is 18.3 Å². The molecule has 0 spiro atoms. The molecule has 178 valence electrons. The molecule has 1 aliphatic rings. The largest absolute Gasteiger partial charge is 0.444 e. The molecule has 7 nitrogen and oxygen atoms in total. The molecule has 1 aliphatic heterocycles. The van der Waals surface area contributed by atoms with Crippen molar-refractivity contribution in [2.75, 3.05) is 45.8 Å². The van der Waals surface area contributed by atoms with Gasteiger partial charge in [-0.25, -0.2) is 13.6 Å². The van der Waals surface area contributed by atoms with Crippen LogP contribution < -0.4 is 10.6 Å². The van der Waals surface area contributed by atoms with E-state index in [1.807, 2.05) is 34.6 Å². The number of ether oxygens (including phenoxy) is 1. The molecular formula is C20H40F2IN5O2. The Balaban J connectivity index is 0.00000841. The van der Waals surface area contributed by atoms with Crippen LogP contribution in [0, 0.1) is 0 Å². The first kappa shape index (κ1) is 29.1. The van der Waals surface area contributed by atoms with Crippen LogP contribution in [0.25, 0.3) is 0 Å². The molecule has 2 N–H and O–H groups in total. The molecule has 0 aromatic rings. The van der Waals surface area contributed by atoms with E-state index in [4.69, 9.17) is 4.74 Å². The van der Waals surface area contributed by atoms with Crippen LogP contribution in [-0.4, -0.2) is 85.7 Å². The molecule has 10 heteroatoms. The number of hydrogen-bond acceptors (Lipinski definition) is 4. The number of guanidine groups is 1. The van der Waals surface area contributed by atoms with E-state index >= 15 is 0 Å². The fourth-order valence-electron chi connectivity index (χ4n) is 3.14. The lowest BCUT2D eigenvalue weighted by atomic mass is 10.1. The van der Waals surface area contributed by atoms with Crippen LogP contribution in [0.5, 0.6) is 0 Å². The normalized spacial score (nSPS) is 16.2. The van der Waals surface area contributed by atoms with Gasteiger partial charge in [-0.15, -0.1) is 24.0 Å². The zero-order valence-corrected chi connectivity index (χ0v) is 21.4. The van der Waals surface area contributed by atoms with Gasteiger partial charge in [0.05, 0.1) is 13.1 Å². The number of rotatable bonds is 9. The van der Waals surface area contributed by atoms with E-state index in [2.05, 4.69) is 15.6 Å². The lowest BCUT2D eigenvalue weighted by molar-refractivity contribution is 0.0256. The average molecular weight is 547 g/mol. The van der Waals surface area contributed by atoms with Crippen molar-refractivity contribution in [2.24, 2.45) is 4.99 Å². The lowest BCUT2D eigenvalue weighted by Crippen LogP contribution is -2.49. The fourth-order valence-corrected chi connectivity index (χ4v) is 3.14. The number of nitrogens with zero attached hydrogens (tertiary/aromatic N) is 3. The molecule has 0 aromatic heterocycles. The second kappa shape index (κ2) is 15.0. The highest BCUT2D eigenvalue weighted by molar-refractivity contribution is 14.0. The summed E-state index contributed by atoms with van der Waals surface area (Å²) < 4.78 is 30.5. The highest BCUT2D eigenvalue weighted by atomic mass is 127. The van der Waals surface area contributed by atoms with Gasteiger partial charge in [-0.05, 0) is 47.0 Å². The van der Waals surface area contributed by atoms with Crippen molar-refractivity contribution in [3.8, 4) is 0 Å². The monoisotopic (exact) mass is 547 g/mol. The maximum absolute atomic E-state index is 12.5. The van der Waals surface area contributed by atoms with E-state index in [0.717, 1.165) is 25.8 Å². The standard InChI is InChI=1S/C20H39F2N5O2.HI/c1-6-11-27(19(28)29-20(3,4)5)14-10-24-18(23-7-2)25-16-8-12-26(13-9-16)15-17(21)22;/h16-17H,6-15H2,1-5H3,(H2,23,24,25);1H. The molecule has 1 amide bonds. The van der Waals surface area contributed by atoms with E-state index in [0.29, 0.717) is 38.7 Å². The lowest BCUT2D eigenvalue weighted by Gasteiger charge is -2.32. The minimum atomic E-state index is -2.28. The number of piperidine rings is 1. The van der Waals surface area contributed by atoms with Gasteiger partial charge in [-0.1, -0.05) is 6.92 Å². The van der Waals surface area contributed by atoms with Crippen molar-refractivity contribution in [3.05, 3.63) is 0 Å². The summed E-state index contributed by atoms with van der Waals surface area (Å²) in [6, 6.07) is 0.208. The van der Waals surface area contributed by atoms with Crippen molar-refractivity contribution in [3.63, 3.8) is 0 Å². The summed E-state index contributed by atoms with van der Waals surface area (Å²) in [5, 5.41) is 6.61. The molecular weight excluding hydrogens is 507 g/mol.